The monoisotopic (exact) mass is 381 g/mol. The highest BCUT2D eigenvalue weighted by Crippen LogP contribution is 2.36. The summed E-state index contributed by atoms with van der Waals surface area (Å²) in [6.07, 6.45) is 1.41. The maximum absolute atomic E-state index is 12.2. The molecule has 1 heterocycles. The lowest BCUT2D eigenvalue weighted by Crippen LogP contribution is -2.36. The van der Waals surface area contributed by atoms with E-state index in [9.17, 15) is 13.2 Å². The van der Waals surface area contributed by atoms with Crippen LogP contribution in [0.4, 0.5) is 0 Å². The zero-order chi connectivity index (χ0) is 17.9. The summed E-state index contributed by atoms with van der Waals surface area (Å²) in [6.45, 7) is 9.13. The van der Waals surface area contributed by atoms with Crippen molar-refractivity contribution < 1.29 is 22.1 Å². The van der Waals surface area contributed by atoms with Gasteiger partial charge in [-0.1, -0.05) is 11.8 Å². The number of ether oxygens (including phenoxy) is 1. The van der Waals surface area contributed by atoms with Crippen molar-refractivity contribution in [3.63, 3.8) is 0 Å². The van der Waals surface area contributed by atoms with E-state index in [1.807, 2.05) is 26.2 Å². The molecule has 0 bridgehead atoms. The zero-order valence-corrected chi connectivity index (χ0v) is 16.7. The third-order valence-corrected chi connectivity index (χ3v) is 5.18. The molecule has 1 aromatic rings. The molecule has 0 amide bonds. The average molecular weight is 382 g/mol. The first kappa shape index (κ1) is 20.4. The number of hydrogen-bond acceptors (Lipinski definition) is 8. The number of rotatable bonds is 7. The second-order valence-corrected chi connectivity index (χ2v) is 10.9. The van der Waals surface area contributed by atoms with Crippen molar-refractivity contribution >= 4 is 39.2 Å². The van der Waals surface area contributed by atoms with E-state index in [-0.39, 0.29) is 12.6 Å². The fourth-order valence-corrected chi connectivity index (χ4v) is 4.06. The van der Waals surface area contributed by atoms with Gasteiger partial charge in [-0.2, -0.15) is 8.42 Å². The van der Waals surface area contributed by atoms with Crippen LogP contribution in [0.5, 0.6) is 0 Å². The summed E-state index contributed by atoms with van der Waals surface area (Å²) < 4.78 is 31.9. The fourth-order valence-electron chi connectivity index (χ4n) is 1.41. The summed E-state index contributed by atoms with van der Waals surface area (Å²) >= 11 is 2.74. The van der Waals surface area contributed by atoms with Crippen LogP contribution < -0.4 is 0 Å². The first-order valence-electron chi connectivity index (χ1n) is 7.00. The summed E-state index contributed by atoms with van der Waals surface area (Å²) in [7, 11) is -3.44. The Morgan fingerprint density at radius 1 is 1.30 bits per heavy atom. The molecular weight excluding hydrogens is 358 g/mol. The van der Waals surface area contributed by atoms with Crippen LogP contribution >= 0.6 is 23.1 Å². The number of carbonyl (C=O) groups is 1. The lowest BCUT2D eigenvalue weighted by Gasteiger charge is -2.27. The molecule has 23 heavy (non-hydrogen) atoms. The van der Waals surface area contributed by atoms with Crippen molar-refractivity contribution in [3.8, 4) is 0 Å². The number of thiazole rings is 1. The topological polar surface area (TPSA) is 82.6 Å². The van der Waals surface area contributed by atoms with Crippen LogP contribution in [-0.4, -0.2) is 42.6 Å². The predicted molar refractivity (Wildman–Crippen MR) is 92.4 cm³/mol. The Labute approximate surface area is 146 Å². The standard InChI is InChI=1S/C14H23NO5S3/c1-13(2,3)20-11(16)14(4,5)22-12-15-10(9-21-12)7-8-19-23(6,17)18/h9H,7-8H2,1-6H3. The lowest BCUT2D eigenvalue weighted by molar-refractivity contribution is -0.156. The fraction of sp³-hybridized carbons (Fsp3) is 0.714. The molecule has 6 nitrogen and oxygen atoms in total. The maximum atomic E-state index is 12.2. The maximum Gasteiger partial charge on any atom is 0.322 e. The van der Waals surface area contributed by atoms with E-state index in [0.29, 0.717) is 6.42 Å². The summed E-state index contributed by atoms with van der Waals surface area (Å²) in [4.78, 5) is 16.6. The van der Waals surface area contributed by atoms with E-state index in [4.69, 9.17) is 8.92 Å². The van der Waals surface area contributed by atoms with Gasteiger partial charge in [0.1, 0.15) is 10.3 Å². The first-order chi connectivity index (χ1) is 10.3. The Balaban J connectivity index is 2.62. The Bertz CT molecular complexity index is 644. The molecule has 0 unspecified atom stereocenters. The van der Waals surface area contributed by atoms with E-state index in [0.717, 1.165) is 16.3 Å². The SMILES string of the molecule is CC(C)(C)OC(=O)C(C)(C)Sc1nc(CCOS(C)(=O)=O)cs1. The average Bonchev–Trinajstić information content (AvgIpc) is 2.71. The summed E-state index contributed by atoms with van der Waals surface area (Å²) in [6, 6.07) is 0. The number of aromatic nitrogens is 1. The van der Waals surface area contributed by atoms with Crippen LogP contribution in [0, 0.1) is 0 Å². The van der Waals surface area contributed by atoms with Gasteiger partial charge in [0.05, 0.1) is 18.6 Å². The summed E-state index contributed by atoms with van der Waals surface area (Å²) in [5.74, 6) is -0.299. The van der Waals surface area contributed by atoms with Gasteiger partial charge in [-0.25, -0.2) is 4.98 Å². The Kier molecular flexibility index (Phi) is 6.65. The lowest BCUT2D eigenvalue weighted by atomic mass is 10.1. The minimum Gasteiger partial charge on any atom is -0.459 e. The molecule has 0 radical (unpaired) electrons. The molecule has 1 rings (SSSR count). The molecule has 0 N–H and O–H groups in total. The second-order valence-electron chi connectivity index (χ2n) is 6.50. The van der Waals surface area contributed by atoms with Crippen LogP contribution in [0.3, 0.4) is 0 Å². The van der Waals surface area contributed by atoms with E-state index in [2.05, 4.69) is 4.98 Å². The van der Waals surface area contributed by atoms with Gasteiger partial charge in [-0.3, -0.25) is 8.98 Å². The van der Waals surface area contributed by atoms with Crippen LogP contribution in [0.1, 0.15) is 40.3 Å². The summed E-state index contributed by atoms with van der Waals surface area (Å²) in [5.41, 5.74) is 0.201. The quantitative estimate of drug-likeness (QED) is 0.408. The van der Waals surface area contributed by atoms with Gasteiger partial charge in [-0.05, 0) is 34.6 Å². The molecule has 0 fully saturated rings. The molecule has 9 heteroatoms. The zero-order valence-electron chi connectivity index (χ0n) is 14.2. The number of carbonyl (C=O) groups excluding carboxylic acids is 1. The summed E-state index contributed by atoms with van der Waals surface area (Å²) in [5, 5.41) is 1.83. The molecule has 0 atom stereocenters. The number of nitrogens with zero attached hydrogens (tertiary/aromatic N) is 1. The van der Waals surface area contributed by atoms with Crippen molar-refractivity contribution in [2.24, 2.45) is 0 Å². The second kappa shape index (κ2) is 7.50. The van der Waals surface area contributed by atoms with E-state index in [1.54, 1.807) is 13.8 Å². The predicted octanol–water partition coefficient (Wildman–Crippen LogP) is 2.87. The highest BCUT2D eigenvalue weighted by molar-refractivity contribution is 8.03. The Morgan fingerprint density at radius 3 is 2.43 bits per heavy atom. The van der Waals surface area contributed by atoms with Crippen LogP contribution in [-0.2, 0) is 30.3 Å². The third-order valence-electron chi connectivity index (χ3n) is 2.42. The highest BCUT2D eigenvalue weighted by atomic mass is 32.2. The first-order valence-corrected chi connectivity index (χ1v) is 10.5. The largest absolute Gasteiger partial charge is 0.459 e. The van der Waals surface area contributed by atoms with Gasteiger partial charge < -0.3 is 4.74 Å². The van der Waals surface area contributed by atoms with Crippen molar-refractivity contribution in [2.45, 2.75) is 55.7 Å². The smallest absolute Gasteiger partial charge is 0.322 e. The minimum absolute atomic E-state index is 0.0577. The van der Waals surface area contributed by atoms with Crippen molar-refractivity contribution in [2.75, 3.05) is 12.9 Å². The van der Waals surface area contributed by atoms with Gasteiger partial charge in [0.2, 0.25) is 0 Å². The molecule has 0 aliphatic rings. The van der Waals surface area contributed by atoms with Crippen LogP contribution in [0.2, 0.25) is 0 Å². The Hall–Kier alpha value is -0.640. The molecular formula is C14H23NO5S3. The number of thioether (sulfide) groups is 1. The number of hydrogen-bond donors (Lipinski definition) is 0. The molecule has 132 valence electrons. The molecule has 0 aliphatic carbocycles. The van der Waals surface area contributed by atoms with Gasteiger partial charge in [0.25, 0.3) is 10.1 Å². The van der Waals surface area contributed by atoms with E-state index in [1.165, 1.54) is 23.1 Å². The molecule has 0 aliphatic heterocycles. The van der Waals surface area contributed by atoms with Gasteiger partial charge in [-0.15, -0.1) is 11.3 Å². The van der Waals surface area contributed by atoms with Crippen molar-refractivity contribution in [1.82, 2.24) is 4.98 Å². The van der Waals surface area contributed by atoms with Gasteiger partial charge >= 0.3 is 5.97 Å². The van der Waals surface area contributed by atoms with Gasteiger partial charge in [0, 0.05) is 11.8 Å². The minimum atomic E-state index is -3.44. The van der Waals surface area contributed by atoms with E-state index < -0.39 is 20.5 Å². The van der Waals surface area contributed by atoms with Crippen LogP contribution in [0.15, 0.2) is 9.72 Å². The number of esters is 1. The highest BCUT2D eigenvalue weighted by Gasteiger charge is 2.34. The molecule has 1 aromatic heterocycles. The molecule has 0 saturated heterocycles. The van der Waals surface area contributed by atoms with E-state index >= 15 is 0 Å². The molecule has 0 spiro atoms. The molecule has 0 aromatic carbocycles. The normalized spacial score (nSPS) is 13.1. The third kappa shape index (κ3) is 8.14. The van der Waals surface area contributed by atoms with Crippen LogP contribution in [0.25, 0.3) is 0 Å². The van der Waals surface area contributed by atoms with Crippen molar-refractivity contribution in [3.05, 3.63) is 11.1 Å². The molecule has 0 saturated carbocycles. The van der Waals surface area contributed by atoms with Gasteiger partial charge in [0.15, 0.2) is 4.34 Å². The Morgan fingerprint density at radius 2 is 1.91 bits per heavy atom. The van der Waals surface area contributed by atoms with Crippen molar-refractivity contribution in [1.29, 1.82) is 0 Å².